The fraction of sp³-hybridized carbons (Fsp3) is 0.259. The number of aryl methyl sites for hydroxylation is 1. The third-order valence-corrected chi connectivity index (χ3v) is 7.51. The van der Waals surface area contributed by atoms with Crippen molar-refractivity contribution in [2.75, 3.05) is 4.31 Å². The molecule has 1 aliphatic heterocycles. The monoisotopic (exact) mass is 495 g/mol. The minimum atomic E-state index is -4.43. The Morgan fingerprint density at radius 2 is 1.51 bits per heavy atom. The SMILES string of the molecule is Cc1ccc(S(=O)(=O)N2c3ccccc3C(=O)[C@@](F)(C(=O)OC(C)(C)C)[C@H]2c2ccccc2)cc1. The molecule has 0 N–H and O–H groups in total. The van der Waals surface area contributed by atoms with Crippen molar-refractivity contribution in [2.45, 2.75) is 49.9 Å². The lowest BCUT2D eigenvalue weighted by atomic mass is 9.79. The third-order valence-electron chi connectivity index (χ3n) is 5.72. The quantitative estimate of drug-likeness (QED) is 0.368. The maximum Gasteiger partial charge on any atom is 0.355 e. The minimum Gasteiger partial charge on any atom is -0.457 e. The Bertz CT molecular complexity index is 1380. The number of hydrogen-bond donors (Lipinski definition) is 0. The number of esters is 1. The van der Waals surface area contributed by atoms with Crippen LogP contribution in [0, 0.1) is 6.92 Å². The van der Waals surface area contributed by atoms with E-state index in [-0.39, 0.29) is 21.7 Å². The Hall–Kier alpha value is -3.52. The molecule has 0 spiro atoms. The number of halogens is 1. The molecule has 0 bridgehead atoms. The number of carbonyl (C=O) groups is 2. The third kappa shape index (κ3) is 4.23. The first-order valence-electron chi connectivity index (χ1n) is 11.1. The molecule has 35 heavy (non-hydrogen) atoms. The van der Waals surface area contributed by atoms with E-state index in [0.717, 1.165) is 9.87 Å². The van der Waals surface area contributed by atoms with Gasteiger partial charge in [-0.05, 0) is 57.5 Å². The summed E-state index contributed by atoms with van der Waals surface area (Å²) in [5, 5.41) is 0. The maximum atomic E-state index is 17.1. The van der Waals surface area contributed by atoms with Crippen molar-refractivity contribution in [1.29, 1.82) is 0 Å². The van der Waals surface area contributed by atoms with Crippen molar-refractivity contribution in [3.05, 3.63) is 95.6 Å². The number of anilines is 1. The summed E-state index contributed by atoms with van der Waals surface area (Å²) in [5.74, 6) is -2.59. The second kappa shape index (κ2) is 8.61. The predicted octanol–water partition coefficient (Wildman–Crippen LogP) is 5.18. The van der Waals surface area contributed by atoms with Gasteiger partial charge in [-0.1, -0.05) is 60.2 Å². The van der Waals surface area contributed by atoms with Crippen LogP contribution in [0.25, 0.3) is 0 Å². The van der Waals surface area contributed by atoms with Crippen LogP contribution in [-0.2, 0) is 19.6 Å². The van der Waals surface area contributed by atoms with Gasteiger partial charge in [-0.2, -0.15) is 0 Å². The Balaban J connectivity index is 2.06. The fourth-order valence-electron chi connectivity index (χ4n) is 4.13. The van der Waals surface area contributed by atoms with Gasteiger partial charge in [0.2, 0.25) is 5.78 Å². The van der Waals surface area contributed by atoms with Crippen LogP contribution >= 0.6 is 0 Å². The lowest BCUT2D eigenvalue weighted by Crippen LogP contribution is -2.60. The zero-order chi connectivity index (χ0) is 25.6. The van der Waals surface area contributed by atoms with Gasteiger partial charge in [-0.3, -0.25) is 9.10 Å². The van der Waals surface area contributed by atoms with Gasteiger partial charge in [0.15, 0.2) is 0 Å². The molecule has 3 aromatic rings. The Labute approximate surface area is 204 Å². The van der Waals surface area contributed by atoms with Crippen LogP contribution in [0.2, 0.25) is 0 Å². The van der Waals surface area contributed by atoms with Gasteiger partial charge in [0.25, 0.3) is 15.7 Å². The van der Waals surface area contributed by atoms with Crippen LogP contribution < -0.4 is 4.31 Å². The molecule has 0 fully saturated rings. The number of para-hydroxylation sites is 1. The van der Waals surface area contributed by atoms with E-state index in [1.54, 1.807) is 57.2 Å². The van der Waals surface area contributed by atoms with Gasteiger partial charge in [0, 0.05) is 5.56 Å². The van der Waals surface area contributed by atoms with Gasteiger partial charge in [0.05, 0.1) is 10.6 Å². The number of nitrogens with zero attached hydrogens (tertiary/aromatic N) is 1. The summed E-state index contributed by atoms with van der Waals surface area (Å²) in [6, 6.07) is 17.9. The van der Waals surface area contributed by atoms with E-state index >= 15 is 4.39 Å². The second-order valence-electron chi connectivity index (χ2n) is 9.49. The molecular weight excluding hydrogens is 469 g/mol. The summed E-state index contributed by atoms with van der Waals surface area (Å²) < 4.78 is 51.4. The fourth-order valence-corrected chi connectivity index (χ4v) is 5.80. The highest BCUT2D eigenvalue weighted by molar-refractivity contribution is 7.92. The van der Waals surface area contributed by atoms with Crippen molar-refractivity contribution in [3.8, 4) is 0 Å². The molecule has 0 amide bonds. The number of hydrogen-bond acceptors (Lipinski definition) is 5. The molecule has 3 aromatic carbocycles. The zero-order valence-corrected chi connectivity index (χ0v) is 20.7. The van der Waals surface area contributed by atoms with E-state index in [9.17, 15) is 18.0 Å². The molecule has 0 radical (unpaired) electrons. The molecule has 1 heterocycles. The molecule has 0 saturated carbocycles. The number of fused-ring (bicyclic) bond motifs is 1. The van der Waals surface area contributed by atoms with E-state index in [2.05, 4.69) is 0 Å². The normalized spacial score (nSPS) is 20.3. The number of rotatable bonds is 4. The predicted molar refractivity (Wildman–Crippen MR) is 130 cm³/mol. The second-order valence-corrected chi connectivity index (χ2v) is 11.3. The average Bonchev–Trinajstić information content (AvgIpc) is 2.80. The molecular formula is C27H26FNO5S. The topological polar surface area (TPSA) is 80.8 Å². The van der Waals surface area contributed by atoms with E-state index in [4.69, 9.17) is 4.74 Å². The van der Waals surface area contributed by atoms with E-state index in [1.165, 1.54) is 42.5 Å². The van der Waals surface area contributed by atoms with E-state index in [1.807, 2.05) is 6.92 Å². The molecule has 0 aliphatic carbocycles. The highest BCUT2D eigenvalue weighted by Gasteiger charge is 2.63. The van der Waals surface area contributed by atoms with Crippen molar-refractivity contribution in [3.63, 3.8) is 0 Å². The molecule has 0 saturated heterocycles. The van der Waals surface area contributed by atoms with Crippen LogP contribution in [-0.4, -0.2) is 31.4 Å². The van der Waals surface area contributed by atoms with Gasteiger partial charge < -0.3 is 4.74 Å². The summed E-state index contributed by atoms with van der Waals surface area (Å²) in [4.78, 5) is 26.9. The van der Waals surface area contributed by atoms with Gasteiger partial charge >= 0.3 is 5.97 Å². The molecule has 2 atom stereocenters. The van der Waals surface area contributed by atoms with Crippen molar-refractivity contribution in [1.82, 2.24) is 0 Å². The lowest BCUT2D eigenvalue weighted by molar-refractivity contribution is -0.167. The van der Waals surface area contributed by atoms with Crippen LogP contribution in [0.1, 0.15) is 48.3 Å². The molecule has 6 nitrogen and oxygen atoms in total. The molecule has 0 unspecified atom stereocenters. The van der Waals surface area contributed by atoms with Crippen molar-refractivity contribution in [2.24, 2.45) is 0 Å². The van der Waals surface area contributed by atoms with Gasteiger partial charge in [-0.15, -0.1) is 0 Å². The summed E-state index contributed by atoms with van der Waals surface area (Å²) in [5.41, 5.74) is -3.70. The standard InChI is InChI=1S/C27H26FNO5S/c1-18-14-16-20(17-15-18)35(32,33)29-22-13-9-8-12-21(22)24(30)27(28,25(31)34-26(2,3)4)23(29)19-10-6-5-7-11-19/h5-17,23H,1-4H3/t23-,27-/m1/s1. The van der Waals surface area contributed by atoms with E-state index in [0.29, 0.717) is 0 Å². The summed E-state index contributed by atoms with van der Waals surface area (Å²) in [7, 11) is -4.43. The number of alkyl halides is 1. The molecule has 0 aromatic heterocycles. The first-order chi connectivity index (χ1) is 16.4. The summed E-state index contributed by atoms with van der Waals surface area (Å²) in [6.07, 6.45) is 0. The highest BCUT2D eigenvalue weighted by Crippen LogP contribution is 2.49. The highest BCUT2D eigenvalue weighted by atomic mass is 32.2. The van der Waals surface area contributed by atoms with E-state index < -0.39 is 39.1 Å². The smallest absolute Gasteiger partial charge is 0.355 e. The number of carbonyl (C=O) groups excluding carboxylic acids is 2. The Kier molecular flexibility index (Phi) is 6.05. The summed E-state index contributed by atoms with van der Waals surface area (Å²) >= 11 is 0. The van der Waals surface area contributed by atoms with Crippen LogP contribution in [0.15, 0.2) is 83.8 Å². The number of sulfonamides is 1. The van der Waals surface area contributed by atoms with Crippen molar-refractivity contribution >= 4 is 27.5 Å². The number of benzene rings is 3. The van der Waals surface area contributed by atoms with Crippen LogP contribution in [0.3, 0.4) is 0 Å². The first kappa shape index (κ1) is 24.6. The minimum absolute atomic E-state index is 0.0104. The molecule has 4 rings (SSSR count). The Morgan fingerprint density at radius 1 is 0.943 bits per heavy atom. The van der Waals surface area contributed by atoms with Crippen LogP contribution in [0.5, 0.6) is 0 Å². The average molecular weight is 496 g/mol. The van der Waals surface area contributed by atoms with Crippen LogP contribution in [0.4, 0.5) is 10.1 Å². The maximum absolute atomic E-state index is 17.1. The van der Waals surface area contributed by atoms with Crippen molar-refractivity contribution < 1.29 is 27.1 Å². The molecule has 182 valence electrons. The summed E-state index contributed by atoms with van der Waals surface area (Å²) in [6.45, 7) is 6.46. The Morgan fingerprint density at radius 3 is 2.11 bits per heavy atom. The van der Waals surface area contributed by atoms with Gasteiger partial charge in [-0.25, -0.2) is 17.6 Å². The molecule has 8 heteroatoms. The first-order valence-corrected chi connectivity index (χ1v) is 12.5. The number of ether oxygens (including phenoxy) is 1. The lowest BCUT2D eigenvalue weighted by Gasteiger charge is -2.44. The molecule has 1 aliphatic rings. The van der Waals surface area contributed by atoms with Gasteiger partial charge in [0.1, 0.15) is 11.6 Å². The number of Topliss-reactive ketones (excluding diaryl/α,β-unsaturated/α-hetero) is 1. The largest absolute Gasteiger partial charge is 0.457 e. The number of ketones is 1. The zero-order valence-electron chi connectivity index (χ0n) is 19.9.